The molecule has 1 saturated heterocycles. The van der Waals surface area contributed by atoms with Crippen molar-refractivity contribution in [3.63, 3.8) is 0 Å². The Hall–Kier alpha value is -4.43. The van der Waals surface area contributed by atoms with Crippen LogP contribution in [-0.4, -0.2) is 95.7 Å². The zero-order valence-corrected chi connectivity index (χ0v) is 32.0. The van der Waals surface area contributed by atoms with Crippen molar-refractivity contribution in [1.29, 1.82) is 0 Å². The predicted molar refractivity (Wildman–Crippen MR) is 207 cm³/mol. The largest absolute Gasteiger partial charge is 0.368 e. The number of carbonyl (C=O) groups is 6. The van der Waals surface area contributed by atoms with Gasteiger partial charge in [0.2, 0.25) is 35.4 Å². The Labute approximate surface area is 317 Å². The van der Waals surface area contributed by atoms with E-state index in [1.807, 2.05) is 80.8 Å². The molecule has 5 atom stereocenters. The molecule has 1 heterocycles. The first-order valence-corrected chi connectivity index (χ1v) is 19.9. The zero-order chi connectivity index (χ0) is 38.8. The highest BCUT2D eigenvalue weighted by Crippen LogP contribution is 2.21. The second-order valence-corrected chi connectivity index (χ2v) is 14.9. The molecule has 0 unspecified atom stereocenters. The average Bonchev–Trinajstić information content (AvgIpc) is 3.63. The first-order chi connectivity index (χ1) is 25.4. The van der Waals surface area contributed by atoms with Crippen LogP contribution in [0.15, 0.2) is 60.7 Å². The molecule has 14 heteroatoms. The van der Waals surface area contributed by atoms with Crippen LogP contribution in [0.3, 0.4) is 0 Å². The summed E-state index contributed by atoms with van der Waals surface area (Å²) in [5.74, 6) is -2.27. The normalized spacial score (nSPS) is 16.2. The molecule has 1 aliphatic heterocycles. The summed E-state index contributed by atoms with van der Waals surface area (Å²) in [6, 6.07) is 13.8. The molecule has 6 amide bonds. The van der Waals surface area contributed by atoms with Gasteiger partial charge in [0.05, 0.1) is 0 Å². The monoisotopic (exact) mass is 751 g/mol. The van der Waals surface area contributed by atoms with Gasteiger partial charge < -0.3 is 37.6 Å². The van der Waals surface area contributed by atoms with Gasteiger partial charge >= 0.3 is 0 Å². The molecule has 53 heavy (non-hydrogen) atoms. The summed E-state index contributed by atoms with van der Waals surface area (Å²) in [7, 11) is 0. The number of nitrogens with zero attached hydrogens (tertiary/aromatic N) is 1. The summed E-state index contributed by atoms with van der Waals surface area (Å²) in [5, 5.41) is 11.3. The molecule has 0 radical (unpaired) electrons. The Balaban J connectivity index is 1.83. The van der Waals surface area contributed by atoms with Crippen LogP contribution >= 0.6 is 11.8 Å². The molecule has 2 aromatic carbocycles. The van der Waals surface area contributed by atoms with E-state index in [-0.39, 0.29) is 37.6 Å². The topological polar surface area (TPSA) is 206 Å². The molecule has 1 fully saturated rings. The summed E-state index contributed by atoms with van der Waals surface area (Å²) < 4.78 is 0. The number of hydrogen-bond acceptors (Lipinski definition) is 8. The van der Waals surface area contributed by atoms with Gasteiger partial charge in [-0.1, -0.05) is 74.5 Å². The Kier molecular flexibility index (Phi) is 18.3. The minimum atomic E-state index is -1.05. The summed E-state index contributed by atoms with van der Waals surface area (Å²) in [6.07, 6.45) is 5.30. The molecule has 0 bridgehead atoms. The third-order valence-electron chi connectivity index (χ3n) is 9.14. The second-order valence-electron chi connectivity index (χ2n) is 13.9. The number of primary amides is 1. The summed E-state index contributed by atoms with van der Waals surface area (Å²) >= 11 is 1.52. The van der Waals surface area contributed by atoms with Gasteiger partial charge in [-0.3, -0.25) is 28.8 Å². The van der Waals surface area contributed by atoms with Crippen molar-refractivity contribution in [2.24, 2.45) is 17.4 Å². The number of hydrogen-bond donors (Lipinski definition) is 6. The van der Waals surface area contributed by atoms with Gasteiger partial charge in [0.1, 0.15) is 30.2 Å². The van der Waals surface area contributed by atoms with E-state index < -0.39 is 59.7 Å². The molecule has 3 rings (SSSR count). The van der Waals surface area contributed by atoms with E-state index in [4.69, 9.17) is 11.5 Å². The van der Waals surface area contributed by atoms with Crippen LogP contribution in [0.4, 0.5) is 0 Å². The van der Waals surface area contributed by atoms with Crippen LogP contribution < -0.4 is 32.7 Å². The minimum absolute atomic E-state index is 0.0287. The third-order valence-corrected chi connectivity index (χ3v) is 9.78. The van der Waals surface area contributed by atoms with Crippen LogP contribution in [0, 0.1) is 5.92 Å². The predicted octanol–water partition coefficient (Wildman–Crippen LogP) is 1.82. The third kappa shape index (κ3) is 14.5. The molecule has 8 N–H and O–H groups in total. The molecule has 0 aliphatic carbocycles. The number of thioether (sulfide) groups is 1. The van der Waals surface area contributed by atoms with Gasteiger partial charge in [-0.05, 0) is 74.1 Å². The summed E-state index contributed by atoms with van der Waals surface area (Å²) in [6.45, 7) is 4.58. The highest BCUT2D eigenvalue weighted by Gasteiger charge is 2.40. The van der Waals surface area contributed by atoms with E-state index in [1.165, 1.54) is 16.7 Å². The molecule has 0 aromatic heterocycles. The first-order valence-electron chi connectivity index (χ1n) is 18.5. The van der Waals surface area contributed by atoms with Gasteiger partial charge in [0.15, 0.2) is 0 Å². The van der Waals surface area contributed by atoms with Gasteiger partial charge in [-0.25, -0.2) is 0 Å². The number of unbranched alkanes of at least 4 members (excludes halogenated alkanes) is 1. The van der Waals surface area contributed by atoms with Crippen LogP contribution in [0.1, 0.15) is 69.9 Å². The lowest BCUT2D eigenvalue weighted by molar-refractivity contribution is -0.142. The van der Waals surface area contributed by atoms with E-state index in [0.29, 0.717) is 50.8 Å². The summed E-state index contributed by atoms with van der Waals surface area (Å²) in [4.78, 5) is 82.1. The van der Waals surface area contributed by atoms with Crippen molar-refractivity contribution >= 4 is 47.2 Å². The number of nitrogens with two attached hydrogens (primary N) is 2. The molecule has 0 saturated carbocycles. The molecule has 0 spiro atoms. The SMILES string of the molecule is CSCC[C@H](NC(=O)[C@H](CC(C)C)NC(=O)[C@@H]1CCCN1C(=O)[C@H](Cc1ccccc1)NC(=O)[C@H](Cc1ccccc1)NC(=O)CCCCN)C(N)=O. The van der Waals surface area contributed by atoms with Gasteiger partial charge in [-0.2, -0.15) is 11.8 Å². The van der Waals surface area contributed by atoms with E-state index >= 15 is 0 Å². The molecule has 1 aliphatic rings. The molecule has 13 nitrogen and oxygen atoms in total. The van der Waals surface area contributed by atoms with E-state index in [0.717, 1.165) is 11.1 Å². The van der Waals surface area contributed by atoms with Crippen molar-refractivity contribution in [1.82, 2.24) is 26.2 Å². The number of benzene rings is 2. The van der Waals surface area contributed by atoms with Crippen LogP contribution in [0.25, 0.3) is 0 Å². The maximum Gasteiger partial charge on any atom is 0.246 e. The van der Waals surface area contributed by atoms with Crippen LogP contribution in [-0.2, 0) is 41.6 Å². The lowest BCUT2D eigenvalue weighted by atomic mass is 10.0. The fourth-order valence-corrected chi connectivity index (χ4v) is 6.82. The van der Waals surface area contributed by atoms with Crippen molar-refractivity contribution in [3.05, 3.63) is 71.8 Å². The highest BCUT2D eigenvalue weighted by atomic mass is 32.2. The Morgan fingerprint density at radius 2 is 1.38 bits per heavy atom. The van der Waals surface area contributed by atoms with Gasteiger partial charge in [-0.15, -0.1) is 0 Å². The van der Waals surface area contributed by atoms with Crippen LogP contribution in [0.5, 0.6) is 0 Å². The minimum Gasteiger partial charge on any atom is -0.368 e. The van der Waals surface area contributed by atoms with E-state index in [9.17, 15) is 28.8 Å². The van der Waals surface area contributed by atoms with Crippen LogP contribution in [0.2, 0.25) is 0 Å². The molecule has 290 valence electrons. The number of carbonyl (C=O) groups excluding carboxylic acids is 6. The number of likely N-dealkylation sites (tertiary alicyclic amines) is 1. The second kappa shape index (κ2) is 22.6. The zero-order valence-electron chi connectivity index (χ0n) is 31.2. The smallest absolute Gasteiger partial charge is 0.246 e. The molecular formula is C39H57N7O6S. The number of nitrogens with one attached hydrogen (secondary N) is 4. The molecule has 2 aromatic rings. The lowest BCUT2D eigenvalue weighted by Gasteiger charge is -2.31. The Morgan fingerprint density at radius 3 is 1.94 bits per heavy atom. The fourth-order valence-electron chi connectivity index (χ4n) is 6.35. The maximum absolute atomic E-state index is 14.4. The van der Waals surface area contributed by atoms with Crippen molar-refractivity contribution in [2.75, 3.05) is 25.1 Å². The first kappa shape index (κ1) is 43.0. The standard InChI is InChI=1S/C39H57N7O6S/c1-26(2)23-30(36(49)43-29(35(41)48)19-22-53-3)44-38(51)33-17-12-21-46(33)39(52)32(25-28-15-8-5-9-16-28)45-37(50)31(24-27-13-6-4-7-14-27)42-34(47)18-10-11-20-40/h4-9,13-16,26,29-33H,10-12,17-25,40H2,1-3H3,(H2,41,48)(H,42,47)(H,43,49)(H,44,51)(H,45,50)/t29-,30-,31-,32-,33-/m0/s1. The Bertz CT molecular complexity index is 1500. The highest BCUT2D eigenvalue weighted by molar-refractivity contribution is 7.98. The Morgan fingerprint density at radius 1 is 0.792 bits per heavy atom. The van der Waals surface area contributed by atoms with Crippen molar-refractivity contribution < 1.29 is 28.8 Å². The van der Waals surface area contributed by atoms with Gasteiger partial charge in [0, 0.05) is 25.8 Å². The fraction of sp³-hybridized carbons (Fsp3) is 0.538. The molecular weight excluding hydrogens is 695 g/mol. The number of rotatable bonds is 22. The maximum atomic E-state index is 14.4. The van der Waals surface area contributed by atoms with Crippen molar-refractivity contribution in [2.45, 2.75) is 102 Å². The average molecular weight is 752 g/mol. The van der Waals surface area contributed by atoms with Crippen molar-refractivity contribution in [3.8, 4) is 0 Å². The number of amides is 6. The van der Waals surface area contributed by atoms with E-state index in [1.54, 1.807) is 0 Å². The van der Waals surface area contributed by atoms with E-state index in [2.05, 4.69) is 21.3 Å². The van der Waals surface area contributed by atoms with Gasteiger partial charge in [0.25, 0.3) is 0 Å². The summed E-state index contributed by atoms with van der Waals surface area (Å²) in [5.41, 5.74) is 12.8. The lowest BCUT2D eigenvalue weighted by Crippen LogP contribution is -2.59. The quantitative estimate of drug-likeness (QED) is 0.0977.